The lowest BCUT2D eigenvalue weighted by atomic mass is 10.3. The molecule has 0 aromatic rings. The molecular formula is C13H30O. The summed E-state index contributed by atoms with van der Waals surface area (Å²) in [6, 6.07) is 0. The zero-order valence-corrected chi connectivity index (χ0v) is 11.5. The number of hydrogen-bond donors (Lipinski definition) is 0. The zero-order chi connectivity index (χ0) is 12.6. The van der Waals surface area contributed by atoms with Gasteiger partial charge in [0, 0.05) is 6.42 Å². The Kier molecular flexibility index (Phi) is 49.0. The van der Waals surface area contributed by atoms with Crippen LogP contribution in [-0.2, 0) is 4.79 Å². The Morgan fingerprint density at radius 2 is 1.07 bits per heavy atom. The van der Waals surface area contributed by atoms with E-state index in [4.69, 9.17) is 0 Å². The Balaban J connectivity index is -0.0000000528. The first-order valence-electron chi connectivity index (χ1n) is 5.68. The van der Waals surface area contributed by atoms with Crippen LogP contribution in [0.3, 0.4) is 0 Å². The monoisotopic (exact) mass is 202 g/mol. The van der Waals surface area contributed by atoms with Crippen LogP contribution in [0.2, 0.25) is 0 Å². The number of Topliss-reactive ketones (excluding diaryl/α,β-unsaturated/α-hetero) is 1. The Bertz CT molecular complexity index is 89.8. The van der Waals surface area contributed by atoms with Gasteiger partial charge in [-0.3, -0.25) is 0 Å². The number of allylic oxidation sites excluding steroid dienone is 1. The fourth-order valence-electron chi connectivity index (χ4n) is 0. The summed E-state index contributed by atoms with van der Waals surface area (Å²) in [7, 11) is 0. The highest BCUT2D eigenvalue weighted by atomic mass is 16.1. The standard InChI is InChI=1S/C5H10.C4H8O.2C2H6/c1-4-5(2)3;1-3-4(2)5;2*1-2/h2,4H2,1,3H3;3H2,1-2H3;2*1-2H3. The largest absolute Gasteiger partial charge is 0.300 e. The molecule has 0 heterocycles. The van der Waals surface area contributed by atoms with Gasteiger partial charge in [0.25, 0.3) is 0 Å². The summed E-state index contributed by atoms with van der Waals surface area (Å²) in [4.78, 5) is 9.81. The summed E-state index contributed by atoms with van der Waals surface area (Å²) in [6.07, 6.45) is 1.78. The maximum Gasteiger partial charge on any atom is 0.129 e. The van der Waals surface area contributed by atoms with Crippen molar-refractivity contribution in [2.24, 2.45) is 0 Å². The summed E-state index contributed by atoms with van der Waals surface area (Å²) in [5, 5.41) is 0. The minimum atomic E-state index is 0.255. The second-order valence-electron chi connectivity index (χ2n) is 2.37. The second-order valence-corrected chi connectivity index (χ2v) is 2.37. The molecule has 0 saturated heterocycles. The first-order valence-corrected chi connectivity index (χ1v) is 5.68. The van der Waals surface area contributed by atoms with Crippen LogP contribution in [0.5, 0.6) is 0 Å². The van der Waals surface area contributed by atoms with Crippen LogP contribution in [0.25, 0.3) is 0 Å². The molecule has 0 rings (SSSR count). The van der Waals surface area contributed by atoms with Crippen molar-refractivity contribution < 1.29 is 4.79 Å². The summed E-state index contributed by atoms with van der Waals surface area (Å²) in [5.74, 6) is 0.255. The van der Waals surface area contributed by atoms with E-state index in [9.17, 15) is 4.79 Å². The van der Waals surface area contributed by atoms with Crippen molar-refractivity contribution in [3.05, 3.63) is 12.2 Å². The number of carbonyl (C=O) groups is 1. The van der Waals surface area contributed by atoms with Crippen LogP contribution in [0, 0.1) is 0 Å². The van der Waals surface area contributed by atoms with Crippen LogP contribution >= 0.6 is 0 Å². The molecule has 0 aromatic carbocycles. The van der Waals surface area contributed by atoms with Crippen molar-refractivity contribution in [2.45, 2.75) is 68.2 Å². The van der Waals surface area contributed by atoms with E-state index in [0.717, 1.165) is 6.42 Å². The molecule has 0 amide bonds. The van der Waals surface area contributed by atoms with E-state index in [0.29, 0.717) is 6.42 Å². The van der Waals surface area contributed by atoms with Crippen molar-refractivity contribution >= 4 is 5.78 Å². The molecule has 0 aliphatic rings. The van der Waals surface area contributed by atoms with Gasteiger partial charge in [0.1, 0.15) is 5.78 Å². The number of hydrogen-bond acceptors (Lipinski definition) is 1. The molecule has 0 aromatic heterocycles. The van der Waals surface area contributed by atoms with Gasteiger partial charge in [-0.25, -0.2) is 0 Å². The summed E-state index contributed by atoms with van der Waals surface area (Å²) >= 11 is 0. The van der Waals surface area contributed by atoms with E-state index in [1.54, 1.807) is 6.92 Å². The summed E-state index contributed by atoms with van der Waals surface area (Å²) in [6.45, 7) is 19.2. The minimum Gasteiger partial charge on any atom is -0.300 e. The minimum absolute atomic E-state index is 0.255. The topological polar surface area (TPSA) is 17.1 Å². The molecule has 0 saturated carbocycles. The van der Waals surface area contributed by atoms with E-state index in [-0.39, 0.29) is 5.78 Å². The van der Waals surface area contributed by atoms with Crippen molar-refractivity contribution in [2.75, 3.05) is 0 Å². The van der Waals surface area contributed by atoms with Gasteiger partial charge in [0.15, 0.2) is 0 Å². The van der Waals surface area contributed by atoms with Gasteiger partial charge in [-0.1, -0.05) is 47.1 Å². The lowest BCUT2D eigenvalue weighted by molar-refractivity contribution is -0.116. The van der Waals surface area contributed by atoms with Gasteiger partial charge in [-0.05, 0) is 20.3 Å². The molecule has 0 unspecified atom stereocenters. The fourth-order valence-corrected chi connectivity index (χ4v) is 0. The highest BCUT2D eigenvalue weighted by molar-refractivity contribution is 5.74. The highest BCUT2D eigenvalue weighted by Crippen LogP contribution is 1.88. The molecule has 0 spiro atoms. The molecule has 1 nitrogen and oxygen atoms in total. The molecule has 0 fully saturated rings. The number of rotatable bonds is 2. The molecule has 0 atom stereocenters. The zero-order valence-electron chi connectivity index (χ0n) is 11.5. The Labute approximate surface area is 91.6 Å². The third-order valence-electron chi connectivity index (χ3n) is 1.10. The molecule has 0 bridgehead atoms. The van der Waals surface area contributed by atoms with E-state index in [2.05, 4.69) is 13.5 Å². The van der Waals surface area contributed by atoms with Crippen LogP contribution in [0.4, 0.5) is 0 Å². The van der Waals surface area contributed by atoms with Crippen molar-refractivity contribution in [3.8, 4) is 0 Å². The quantitative estimate of drug-likeness (QED) is 0.575. The van der Waals surface area contributed by atoms with Gasteiger partial charge in [-0.15, -0.1) is 6.58 Å². The Morgan fingerprint density at radius 3 is 1.07 bits per heavy atom. The number of ketones is 1. The van der Waals surface area contributed by atoms with Crippen LogP contribution in [0.1, 0.15) is 68.2 Å². The van der Waals surface area contributed by atoms with E-state index < -0.39 is 0 Å². The SMILES string of the molecule is C=C(C)CC.CC.CC.CCC(C)=O. The molecule has 0 radical (unpaired) electrons. The third kappa shape index (κ3) is 106. The highest BCUT2D eigenvalue weighted by Gasteiger charge is 1.76. The molecule has 14 heavy (non-hydrogen) atoms. The first-order chi connectivity index (χ1) is 6.54. The molecular weight excluding hydrogens is 172 g/mol. The maximum absolute atomic E-state index is 9.81. The predicted molar refractivity (Wildman–Crippen MR) is 68.8 cm³/mol. The lowest BCUT2D eigenvalue weighted by Gasteiger charge is -1.79. The Hall–Kier alpha value is -0.590. The van der Waals surface area contributed by atoms with Gasteiger partial charge in [0.05, 0.1) is 0 Å². The van der Waals surface area contributed by atoms with Gasteiger partial charge >= 0.3 is 0 Å². The smallest absolute Gasteiger partial charge is 0.129 e. The predicted octanol–water partition coefficient (Wildman–Crippen LogP) is 5.01. The summed E-state index contributed by atoms with van der Waals surface area (Å²) in [5.41, 5.74) is 1.25. The van der Waals surface area contributed by atoms with E-state index in [1.165, 1.54) is 5.57 Å². The molecule has 0 aliphatic carbocycles. The molecule has 1 heteroatoms. The normalized spacial score (nSPS) is 6.29. The first kappa shape index (κ1) is 23.3. The Morgan fingerprint density at radius 1 is 0.929 bits per heavy atom. The molecule has 88 valence electrons. The maximum atomic E-state index is 9.81. The van der Waals surface area contributed by atoms with Crippen molar-refractivity contribution in [1.29, 1.82) is 0 Å². The van der Waals surface area contributed by atoms with Crippen LogP contribution < -0.4 is 0 Å². The van der Waals surface area contributed by atoms with E-state index in [1.807, 2.05) is 41.5 Å². The fraction of sp³-hybridized carbons (Fsp3) is 0.769. The molecule has 0 aliphatic heterocycles. The summed E-state index contributed by atoms with van der Waals surface area (Å²) < 4.78 is 0. The third-order valence-corrected chi connectivity index (χ3v) is 1.10. The van der Waals surface area contributed by atoms with Crippen molar-refractivity contribution in [3.63, 3.8) is 0 Å². The molecule has 0 N–H and O–H groups in total. The van der Waals surface area contributed by atoms with E-state index >= 15 is 0 Å². The van der Waals surface area contributed by atoms with Gasteiger partial charge in [0.2, 0.25) is 0 Å². The number of carbonyl (C=O) groups excluding carboxylic acids is 1. The lowest BCUT2D eigenvalue weighted by Crippen LogP contribution is -1.80. The van der Waals surface area contributed by atoms with Gasteiger partial charge < -0.3 is 4.79 Å². The second kappa shape index (κ2) is 29.4. The average molecular weight is 202 g/mol. The van der Waals surface area contributed by atoms with Crippen LogP contribution in [-0.4, -0.2) is 5.78 Å². The van der Waals surface area contributed by atoms with Crippen LogP contribution in [0.15, 0.2) is 12.2 Å². The van der Waals surface area contributed by atoms with Gasteiger partial charge in [-0.2, -0.15) is 0 Å². The average Bonchev–Trinajstić information content (AvgIpc) is 2.24. The van der Waals surface area contributed by atoms with Crippen molar-refractivity contribution in [1.82, 2.24) is 0 Å².